The summed E-state index contributed by atoms with van der Waals surface area (Å²) in [4.78, 5) is 0. The molecule has 0 atom stereocenters. The Morgan fingerprint density at radius 3 is 1.36 bits per heavy atom. The van der Waals surface area contributed by atoms with E-state index in [1.54, 1.807) is 0 Å². The summed E-state index contributed by atoms with van der Waals surface area (Å²) in [5.74, 6) is 2.61. The summed E-state index contributed by atoms with van der Waals surface area (Å²) in [6, 6.07) is 2.86. The van der Waals surface area contributed by atoms with Crippen LogP contribution in [0.4, 0.5) is 0 Å². The highest BCUT2D eigenvalue weighted by molar-refractivity contribution is 8.58. The summed E-state index contributed by atoms with van der Waals surface area (Å²) in [5.41, 5.74) is 0. The van der Waals surface area contributed by atoms with Crippen molar-refractivity contribution in [3.63, 3.8) is 0 Å². The molecule has 0 radical (unpaired) electrons. The van der Waals surface area contributed by atoms with Crippen LogP contribution >= 0.6 is 22.4 Å². The molecule has 0 heterocycles. The SMILES string of the molecule is CCS[Si](CC)(CC)SCC. The van der Waals surface area contributed by atoms with Crippen molar-refractivity contribution in [1.29, 1.82) is 0 Å². The second-order valence-corrected chi connectivity index (χ2v) is 14.6. The van der Waals surface area contributed by atoms with Gasteiger partial charge in [-0.3, -0.25) is 0 Å². The van der Waals surface area contributed by atoms with Crippen molar-refractivity contribution in [3.8, 4) is 0 Å². The quantitative estimate of drug-likeness (QED) is 0.606. The first-order valence-corrected chi connectivity index (χ1v) is 10.4. The Morgan fingerprint density at radius 2 is 1.18 bits per heavy atom. The molecule has 11 heavy (non-hydrogen) atoms. The molecule has 0 bridgehead atoms. The van der Waals surface area contributed by atoms with Gasteiger partial charge in [-0.05, 0) is 23.6 Å². The van der Waals surface area contributed by atoms with Crippen LogP contribution in [-0.4, -0.2) is 17.9 Å². The average molecular weight is 208 g/mol. The van der Waals surface area contributed by atoms with Gasteiger partial charge < -0.3 is 0 Å². The van der Waals surface area contributed by atoms with Crippen molar-refractivity contribution in [2.24, 2.45) is 0 Å². The first-order chi connectivity index (χ1) is 5.24. The van der Waals surface area contributed by atoms with E-state index >= 15 is 0 Å². The Hall–Kier alpha value is 0.917. The molecule has 0 saturated heterocycles. The Bertz CT molecular complexity index is 84.1. The van der Waals surface area contributed by atoms with Gasteiger partial charge >= 0.3 is 0 Å². The van der Waals surface area contributed by atoms with Gasteiger partial charge in [-0.1, -0.05) is 27.7 Å². The van der Waals surface area contributed by atoms with Gasteiger partial charge in [0.05, 0.1) is 0 Å². The Labute approximate surface area is 80.2 Å². The average Bonchev–Trinajstić information content (AvgIpc) is 2.04. The van der Waals surface area contributed by atoms with Crippen molar-refractivity contribution in [1.82, 2.24) is 0 Å². The van der Waals surface area contributed by atoms with Crippen molar-refractivity contribution < 1.29 is 0 Å². The van der Waals surface area contributed by atoms with Gasteiger partial charge in [0.2, 0.25) is 0 Å². The van der Waals surface area contributed by atoms with Crippen molar-refractivity contribution >= 4 is 28.8 Å². The largest absolute Gasteiger partial charge is 0.175 e. The topological polar surface area (TPSA) is 0 Å². The smallest absolute Gasteiger partial charge is 0.173 e. The molecule has 3 heteroatoms. The molecule has 0 aliphatic rings. The second-order valence-electron chi connectivity index (χ2n) is 2.48. The van der Waals surface area contributed by atoms with E-state index in [2.05, 4.69) is 50.1 Å². The lowest BCUT2D eigenvalue weighted by atomic mass is 11.0. The zero-order chi connectivity index (χ0) is 8.74. The van der Waals surface area contributed by atoms with E-state index in [-0.39, 0.29) is 0 Å². The summed E-state index contributed by atoms with van der Waals surface area (Å²) in [6.07, 6.45) is -0.910. The Kier molecular flexibility index (Phi) is 6.97. The van der Waals surface area contributed by atoms with Crippen molar-refractivity contribution in [2.75, 3.05) is 11.5 Å². The molecule has 68 valence electrons. The minimum absolute atomic E-state index is 0.910. The summed E-state index contributed by atoms with van der Waals surface area (Å²) in [7, 11) is 0. The van der Waals surface area contributed by atoms with Crippen LogP contribution in [0.3, 0.4) is 0 Å². The third-order valence-corrected chi connectivity index (χ3v) is 16.2. The van der Waals surface area contributed by atoms with E-state index in [1.807, 2.05) is 0 Å². The Balaban J connectivity index is 3.96. The van der Waals surface area contributed by atoms with E-state index in [0.717, 1.165) is 0 Å². The fourth-order valence-corrected chi connectivity index (χ4v) is 12.4. The van der Waals surface area contributed by atoms with E-state index in [4.69, 9.17) is 0 Å². The maximum Gasteiger partial charge on any atom is 0.175 e. The molecule has 0 spiro atoms. The van der Waals surface area contributed by atoms with Gasteiger partial charge in [-0.15, -0.1) is 0 Å². The lowest BCUT2D eigenvalue weighted by Crippen LogP contribution is -2.24. The zero-order valence-corrected chi connectivity index (χ0v) is 10.8. The van der Waals surface area contributed by atoms with Crippen LogP contribution in [0.5, 0.6) is 0 Å². The second kappa shape index (κ2) is 6.43. The highest BCUT2D eigenvalue weighted by atomic mass is 32.6. The van der Waals surface area contributed by atoms with Crippen molar-refractivity contribution in [2.45, 2.75) is 39.8 Å². The molecule has 0 unspecified atom stereocenters. The first-order valence-electron chi connectivity index (χ1n) is 4.52. The monoisotopic (exact) mass is 208 g/mol. The van der Waals surface area contributed by atoms with Crippen molar-refractivity contribution in [3.05, 3.63) is 0 Å². The molecule has 0 rings (SSSR count). The minimum Gasteiger partial charge on any atom is -0.173 e. The van der Waals surface area contributed by atoms with E-state index < -0.39 is 6.37 Å². The lowest BCUT2D eigenvalue weighted by molar-refractivity contribution is 1.33. The van der Waals surface area contributed by atoms with Crippen LogP contribution in [-0.2, 0) is 0 Å². The summed E-state index contributed by atoms with van der Waals surface area (Å²) in [5, 5.41) is 0. The van der Waals surface area contributed by atoms with Gasteiger partial charge in [0, 0.05) is 0 Å². The van der Waals surface area contributed by atoms with Gasteiger partial charge in [0.15, 0.2) is 6.37 Å². The molecule has 0 nitrogen and oxygen atoms in total. The fourth-order valence-electron chi connectivity index (χ4n) is 1.23. The van der Waals surface area contributed by atoms with E-state index in [9.17, 15) is 0 Å². The van der Waals surface area contributed by atoms with Gasteiger partial charge in [0.1, 0.15) is 0 Å². The van der Waals surface area contributed by atoms with Gasteiger partial charge in [-0.2, -0.15) is 22.4 Å². The predicted molar refractivity (Wildman–Crippen MR) is 63.0 cm³/mol. The molecular formula is C8H20S2Si. The maximum atomic E-state index is 2.36. The summed E-state index contributed by atoms with van der Waals surface area (Å²) in [6.45, 7) is 9.30. The van der Waals surface area contributed by atoms with Gasteiger partial charge in [-0.25, -0.2) is 0 Å². The van der Waals surface area contributed by atoms with E-state index in [0.29, 0.717) is 0 Å². The first kappa shape index (κ1) is 11.9. The molecule has 0 aromatic rings. The fraction of sp³-hybridized carbons (Fsp3) is 1.00. The van der Waals surface area contributed by atoms with Gasteiger partial charge in [0.25, 0.3) is 0 Å². The summed E-state index contributed by atoms with van der Waals surface area (Å²) < 4.78 is 0. The van der Waals surface area contributed by atoms with Crippen LogP contribution in [0, 0.1) is 0 Å². The van der Waals surface area contributed by atoms with Crippen LogP contribution in [0.25, 0.3) is 0 Å². The third-order valence-electron chi connectivity index (χ3n) is 1.89. The molecule has 0 aliphatic carbocycles. The lowest BCUT2D eigenvalue weighted by Gasteiger charge is -2.26. The summed E-state index contributed by atoms with van der Waals surface area (Å²) >= 11 is 4.50. The standard InChI is InChI=1S/C8H20S2Si/c1-5-9-11(7-3,8-4)10-6-2/h5-8H2,1-4H3. The zero-order valence-electron chi connectivity index (χ0n) is 8.14. The Morgan fingerprint density at radius 1 is 0.818 bits per heavy atom. The molecule has 0 N–H and O–H groups in total. The predicted octanol–water partition coefficient (Wildman–Crippen LogP) is 3.97. The normalized spacial score (nSPS) is 12.0. The molecule has 0 aliphatic heterocycles. The maximum absolute atomic E-state index is 2.36. The highest BCUT2D eigenvalue weighted by Crippen LogP contribution is 2.38. The molecule has 0 aromatic heterocycles. The number of hydrogen-bond acceptors (Lipinski definition) is 2. The van der Waals surface area contributed by atoms with Crippen LogP contribution in [0.15, 0.2) is 0 Å². The van der Waals surface area contributed by atoms with Crippen LogP contribution in [0.1, 0.15) is 27.7 Å². The van der Waals surface area contributed by atoms with Crippen LogP contribution < -0.4 is 0 Å². The van der Waals surface area contributed by atoms with E-state index in [1.165, 1.54) is 23.6 Å². The third kappa shape index (κ3) is 3.90. The molecule has 0 saturated carbocycles. The molecule has 0 aromatic carbocycles. The number of rotatable bonds is 6. The molecule has 0 amide bonds. The molecule has 0 fully saturated rings. The minimum atomic E-state index is -0.910. The molecular weight excluding hydrogens is 188 g/mol. The highest BCUT2D eigenvalue weighted by Gasteiger charge is 2.28. The number of hydrogen-bond donors (Lipinski definition) is 0. The van der Waals surface area contributed by atoms with Crippen LogP contribution in [0.2, 0.25) is 12.1 Å².